The summed E-state index contributed by atoms with van der Waals surface area (Å²) in [5.74, 6) is 0.978. The van der Waals surface area contributed by atoms with E-state index < -0.39 is 0 Å². The SMILES string of the molecule is c1ccc2c(OCCC3CCCO3)cccc2c1. The Labute approximate surface area is 108 Å². The van der Waals surface area contributed by atoms with Crippen LogP contribution in [-0.2, 0) is 4.74 Å². The lowest BCUT2D eigenvalue weighted by atomic mass is 10.1. The second kappa shape index (κ2) is 5.40. The lowest BCUT2D eigenvalue weighted by molar-refractivity contribution is 0.0906. The molecule has 0 saturated carbocycles. The molecule has 18 heavy (non-hydrogen) atoms. The molecule has 2 nitrogen and oxygen atoms in total. The van der Waals surface area contributed by atoms with Gasteiger partial charge < -0.3 is 9.47 Å². The van der Waals surface area contributed by atoms with Crippen LogP contribution in [0.5, 0.6) is 5.75 Å². The van der Waals surface area contributed by atoms with Crippen LogP contribution in [0.25, 0.3) is 10.8 Å². The van der Waals surface area contributed by atoms with Gasteiger partial charge in [-0.25, -0.2) is 0 Å². The van der Waals surface area contributed by atoms with Crippen LogP contribution in [0.2, 0.25) is 0 Å². The van der Waals surface area contributed by atoms with Crippen molar-refractivity contribution in [2.24, 2.45) is 0 Å². The highest BCUT2D eigenvalue weighted by Crippen LogP contribution is 2.25. The van der Waals surface area contributed by atoms with Gasteiger partial charge in [-0.15, -0.1) is 0 Å². The van der Waals surface area contributed by atoms with Crippen LogP contribution in [-0.4, -0.2) is 19.3 Å². The van der Waals surface area contributed by atoms with E-state index in [4.69, 9.17) is 9.47 Å². The van der Waals surface area contributed by atoms with E-state index in [1.807, 2.05) is 12.1 Å². The number of benzene rings is 2. The highest BCUT2D eigenvalue weighted by atomic mass is 16.5. The Morgan fingerprint density at radius 2 is 2.00 bits per heavy atom. The lowest BCUT2D eigenvalue weighted by Gasteiger charge is -2.12. The summed E-state index contributed by atoms with van der Waals surface area (Å²) in [5, 5.41) is 2.42. The van der Waals surface area contributed by atoms with Gasteiger partial charge in [-0.3, -0.25) is 0 Å². The zero-order chi connectivity index (χ0) is 12.2. The van der Waals surface area contributed by atoms with Crippen molar-refractivity contribution in [1.82, 2.24) is 0 Å². The van der Waals surface area contributed by atoms with E-state index in [-0.39, 0.29) is 0 Å². The minimum absolute atomic E-state index is 0.403. The maximum absolute atomic E-state index is 5.90. The standard InChI is InChI=1S/C16H18O2/c1-2-8-15-13(5-1)6-3-9-16(15)18-12-10-14-7-4-11-17-14/h1-3,5-6,8-9,14H,4,7,10-12H2. The Morgan fingerprint density at radius 3 is 2.89 bits per heavy atom. The molecule has 1 saturated heterocycles. The monoisotopic (exact) mass is 242 g/mol. The molecule has 1 heterocycles. The van der Waals surface area contributed by atoms with Crippen molar-refractivity contribution in [3.8, 4) is 5.75 Å². The van der Waals surface area contributed by atoms with Gasteiger partial charge in [-0.1, -0.05) is 36.4 Å². The first-order valence-corrected chi connectivity index (χ1v) is 6.66. The Balaban J connectivity index is 1.66. The van der Waals surface area contributed by atoms with E-state index in [2.05, 4.69) is 30.3 Å². The zero-order valence-electron chi connectivity index (χ0n) is 10.5. The van der Waals surface area contributed by atoms with Gasteiger partial charge in [0, 0.05) is 18.4 Å². The highest BCUT2D eigenvalue weighted by Gasteiger charge is 2.15. The molecule has 1 aliphatic rings. The highest BCUT2D eigenvalue weighted by molar-refractivity contribution is 5.88. The van der Waals surface area contributed by atoms with Crippen LogP contribution in [0.4, 0.5) is 0 Å². The minimum Gasteiger partial charge on any atom is -0.493 e. The van der Waals surface area contributed by atoms with E-state index in [1.165, 1.54) is 23.6 Å². The Hall–Kier alpha value is -1.54. The van der Waals surface area contributed by atoms with Gasteiger partial charge in [0.15, 0.2) is 0 Å². The van der Waals surface area contributed by atoms with Crippen molar-refractivity contribution in [2.75, 3.05) is 13.2 Å². The van der Waals surface area contributed by atoms with E-state index in [1.54, 1.807) is 0 Å². The second-order valence-corrected chi connectivity index (χ2v) is 4.75. The smallest absolute Gasteiger partial charge is 0.127 e. The predicted octanol–water partition coefficient (Wildman–Crippen LogP) is 3.79. The first-order chi connectivity index (χ1) is 8.93. The normalized spacial score (nSPS) is 19.2. The molecular weight excluding hydrogens is 224 g/mol. The largest absolute Gasteiger partial charge is 0.493 e. The molecule has 94 valence electrons. The van der Waals surface area contributed by atoms with Crippen LogP contribution < -0.4 is 4.74 Å². The molecule has 0 aromatic heterocycles. The van der Waals surface area contributed by atoms with Crippen molar-refractivity contribution < 1.29 is 9.47 Å². The molecule has 0 spiro atoms. The lowest BCUT2D eigenvalue weighted by Crippen LogP contribution is -2.10. The van der Waals surface area contributed by atoms with Crippen LogP contribution >= 0.6 is 0 Å². The van der Waals surface area contributed by atoms with Gasteiger partial charge in [0.2, 0.25) is 0 Å². The summed E-state index contributed by atoms with van der Waals surface area (Å²) < 4.78 is 11.5. The van der Waals surface area contributed by atoms with E-state index in [9.17, 15) is 0 Å². The Kier molecular flexibility index (Phi) is 3.47. The van der Waals surface area contributed by atoms with Crippen molar-refractivity contribution >= 4 is 10.8 Å². The maximum atomic E-state index is 5.90. The summed E-state index contributed by atoms with van der Waals surface area (Å²) in [6, 6.07) is 14.5. The van der Waals surface area contributed by atoms with Gasteiger partial charge in [0.1, 0.15) is 5.75 Å². The van der Waals surface area contributed by atoms with Crippen LogP contribution in [0.15, 0.2) is 42.5 Å². The van der Waals surface area contributed by atoms with Crippen LogP contribution in [0.1, 0.15) is 19.3 Å². The molecule has 0 amide bonds. The summed E-state index contributed by atoms with van der Waals surface area (Å²) in [5.41, 5.74) is 0. The zero-order valence-corrected chi connectivity index (χ0v) is 10.5. The third kappa shape index (κ3) is 2.49. The number of rotatable bonds is 4. The summed E-state index contributed by atoms with van der Waals surface area (Å²) in [7, 11) is 0. The molecular formula is C16H18O2. The molecule has 0 aliphatic carbocycles. The third-order valence-corrected chi connectivity index (χ3v) is 3.47. The molecule has 1 unspecified atom stereocenters. The molecule has 2 aromatic rings. The summed E-state index contributed by atoms with van der Waals surface area (Å²) in [6.45, 7) is 1.65. The average Bonchev–Trinajstić information content (AvgIpc) is 2.92. The Bertz CT molecular complexity index is 510. The predicted molar refractivity (Wildman–Crippen MR) is 73.0 cm³/mol. The van der Waals surface area contributed by atoms with Gasteiger partial charge >= 0.3 is 0 Å². The molecule has 0 N–H and O–H groups in total. The van der Waals surface area contributed by atoms with Crippen molar-refractivity contribution in [1.29, 1.82) is 0 Å². The van der Waals surface area contributed by atoms with Crippen molar-refractivity contribution in [3.05, 3.63) is 42.5 Å². The number of hydrogen-bond acceptors (Lipinski definition) is 2. The molecule has 2 aromatic carbocycles. The molecule has 1 fully saturated rings. The quantitative estimate of drug-likeness (QED) is 0.812. The van der Waals surface area contributed by atoms with Gasteiger partial charge in [-0.2, -0.15) is 0 Å². The first kappa shape index (κ1) is 11.5. The van der Waals surface area contributed by atoms with Gasteiger partial charge in [0.05, 0.1) is 12.7 Å². The number of ether oxygens (including phenoxy) is 2. The van der Waals surface area contributed by atoms with E-state index in [0.29, 0.717) is 6.10 Å². The fourth-order valence-electron chi connectivity index (χ4n) is 2.49. The van der Waals surface area contributed by atoms with Gasteiger partial charge in [-0.05, 0) is 24.3 Å². The van der Waals surface area contributed by atoms with Crippen LogP contribution in [0, 0.1) is 0 Å². The molecule has 1 atom stereocenters. The fraction of sp³-hybridized carbons (Fsp3) is 0.375. The summed E-state index contributed by atoms with van der Waals surface area (Å²) in [6.07, 6.45) is 3.76. The summed E-state index contributed by atoms with van der Waals surface area (Å²) in [4.78, 5) is 0. The third-order valence-electron chi connectivity index (χ3n) is 3.47. The molecule has 0 radical (unpaired) electrons. The molecule has 2 heteroatoms. The summed E-state index contributed by atoms with van der Waals surface area (Å²) >= 11 is 0. The number of fused-ring (bicyclic) bond motifs is 1. The van der Waals surface area contributed by atoms with Gasteiger partial charge in [0.25, 0.3) is 0 Å². The van der Waals surface area contributed by atoms with Crippen LogP contribution in [0.3, 0.4) is 0 Å². The second-order valence-electron chi connectivity index (χ2n) is 4.75. The first-order valence-electron chi connectivity index (χ1n) is 6.66. The fourth-order valence-corrected chi connectivity index (χ4v) is 2.49. The Morgan fingerprint density at radius 1 is 1.11 bits per heavy atom. The number of hydrogen-bond donors (Lipinski definition) is 0. The molecule has 3 rings (SSSR count). The minimum atomic E-state index is 0.403. The van der Waals surface area contributed by atoms with E-state index in [0.717, 1.165) is 25.4 Å². The van der Waals surface area contributed by atoms with Crippen molar-refractivity contribution in [2.45, 2.75) is 25.4 Å². The van der Waals surface area contributed by atoms with Crippen molar-refractivity contribution in [3.63, 3.8) is 0 Å². The van der Waals surface area contributed by atoms with E-state index >= 15 is 0 Å². The molecule has 1 aliphatic heterocycles. The molecule has 0 bridgehead atoms. The topological polar surface area (TPSA) is 18.5 Å². The average molecular weight is 242 g/mol. The maximum Gasteiger partial charge on any atom is 0.127 e.